The maximum atomic E-state index is 6.38. The van der Waals surface area contributed by atoms with Crippen LogP contribution in [0.1, 0.15) is 31.0 Å². The summed E-state index contributed by atoms with van der Waals surface area (Å²) in [7, 11) is 0. The molecule has 1 saturated heterocycles. The molecule has 2 heterocycles. The molecule has 0 amide bonds. The maximum Gasteiger partial charge on any atom is 0.116 e. The fourth-order valence-electron chi connectivity index (χ4n) is 2.67. The van der Waals surface area contributed by atoms with Gasteiger partial charge in [0.05, 0.1) is 17.3 Å². The Hall–Kier alpha value is -1.52. The van der Waals surface area contributed by atoms with Crippen LogP contribution < -0.4 is 11.1 Å². The summed E-state index contributed by atoms with van der Waals surface area (Å²) in [6, 6.07) is 8.32. The van der Waals surface area contributed by atoms with Crippen LogP contribution in [0.5, 0.6) is 0 Å². The Morgan fingerprint density at radius 2 is 2.11 bits per heavy atom. The highest BCUT2D eigenvalue weighted by Crippen LogP contribution is 2.24. The molecule has 1 unspecified atom stereocenters. The summed E-state index contributed by atoms with van der Waals surface area (Å²) in [5, 5.41) is 4.57. The minimum atomic E-state index is -0.0572. The molecule has 3 N–H and O–H groups in total. The standard InChI is InChI=1S/C14H18N4/c15-13(12-7-3-4-8-16-12)14-10-5-1-2-6-11(10)17-9-18-14/h1-2,5-6,9,12-13,16H,3-4,7-8,15H2/t12-,13?/m0/s1. The van der Waals surface area contributed by atoms with Crippen LogP contribution in [0.3, 0.4) is 0 Å². The van der Waals surface area contributed by atoms with Gasteiger partial charge >= 0.3 is 0 Å². The van der Waals surface area contributed by atoms with E-state index in [-0.39, 0.29) is 6.04 Å². The van der Waals surface area contributed by atoms with Crippen molar-refractivity contribution in [3.8, 4) is 0 Å². The van der Waals surface area contributed by atoms with Gasteiger partial charge in [-0.1, -0.05) is 24.6 Å². The molecule has 1 fully saturated rings. The highest BCUT2D eigenvalue weighted by Gasteiger charge is 2.23. The largest absolute Gasteiger partial charge is 0.321 e. The summed E-state index contributed by atoms with van der Waals surface area (Å²) in [4.78, 5) is 8.69. The van der Waals surface area contributed by atoms with Crippen LogP contribution in [-0.2, 0) is 0 Å². The number of aromatic nitrogens is 2. The second-order valence-corrected chi connectivity index (χ2v) is 4.86. The normalized spacial score (nSPS) is 21.9. The van der Waals surface area contributed by atoms with E-state index in [1.165, 1.54) is 12.8 Å². The van der Waals surface area contributed by atoms with E-state index in [4.69, 9.17) is 5.73 Å². The molecule has 4 heteroatoms. The van der Waals surface area contributed by atoms with Crippen LogP contribution in [0.4, 0.5) is 0 Å². The molecular formula is C14H18N4. The molecular weight excluding hydrogens is 224 g/mol. The Labute approximate surface area is 107 Å². The Morgan fingerprint density at radius 1 is 1.22 bits per heavy atom. The smallest absolute Gasteiger partial charge is 0.116 e. The minimum absolute atomic E-state index is 0.0572. The lowest BCUT2D eigenvalue weighted by atomic mass is 9.94. The first-order valence-corrected chi connectivity index (χ1v) is 6.55. The number of hydrogen-bond donors (Lipinski definition) is 2. The lowest BCUT2D eigenvalue weighted by Gasteiger charge is -2.28. The number of piperidine rings is 1. The van der Waals surface area contributed by atoms with E-state index in [9.17, 15) is 0 Å². The summed E-state index contributed by atoms with van der Waals surface area (Å²) >= 11 is 0. The van der Waals surface area contributed by atoms with Gasteiger partial charge in [0.25, 0.3) is 0 Å². The van der Waals surface area contributed by atoms with Gasteiger partial charge in [-0.3, -0.25) is 0 Å². The molecule has 3 rings (SSSR count). The predicted octanol–water partition coefficient (Wildman–Crippen LogP) is 1.77. The third-order valence-corrected chi connectivity index (χ3v) is 3.67. The molecule has 2 atom stereocenters. The van der Waals surface area contributed by atoms with Gasteiger partial charge in [0, 0.05) is 11.4 Å². The van der Waals surface area contributed by atoms with Crippen molar-refractivity contribution >= 4 is 10.9 Å². The average molecular weight is 242 g/mol. The van der Waals surface area contributed by atoms with Crippen LogP contribution >= 0.6 is 0 Å². The SMILES string of the molecule is NC(c1ncnc2ccccc12)[C@@H]1CCCCN1. The summed E-state index contributed by atoms with van der Waals surface area (Å²) in [6.07, 6.45) is 5.22. The molecule has 1 aliphatic rings. The zero-order valence-electron chi connectivity index (χ0n) is 10.3. The lowest BCUT2D eigenvalue weighted by Crippen LogP contribution is -2.42. The van der Waals surface area contributed by atoms with E-state index in [0.717, 1.165) is 29.6 Å². The summed E-state index contributed by atoms with van der Waals surface area (Å²) < 4.78 is 0. The summed E-state index contributed by atoms with van der Waals surface area (Å²) in [6.45, 7) is 1.06. The van der Waals surface area contributed by atoms with Gasteiger partial charge < -0.3 is 11.1 Å². The topological polar surface area (TPSA) is 63.8 Å². The van der Waals surface area contributed by atoms with Gasteiger partial charge in [-0.05, 0) is 25.5 Å². The Morgan fingerprint density at radius 3 is 2.94 bits per heavy atom. The van der Waals surface area contributed by atoms with E-state index < -0.39 is 0 Å². The number of nitrogens with one attached hydrogen (secondary N) is 1. The van der Waals surface area contributed by atoms with Crippen LogP contribution in [0.25, 0.3) is 10.9 Å². The monoisotopic (exact) mass is 242 g/mol. The third kappa shape index (κ3) is 2.09. The number of nitrogens with two attached hydrogens (primary N) is 1. The van der Waals surface area contributed by atoms with Crippen LogP contribution in [0.2, 0.25) is 0 Å². The van der Waals surface area contributed by atoms with Gasteiger partial charge in [0.1, 0.15) is 6.33 Å². The van der Waals surface area contributed by atoms with E-state index in [0.29, 0.717) is 6.04 Å². The van der Waals surface area contributed by atoms with Gasteiger partial charge in [0.15, 0.2) is 0 Å². The molecule has 0 radical (unpaired) electrons. The van der Waals surface area contributed by atoms with Crippen molar-refractivity contribution in [1.82, 2.24) is 15.3 Å². The van der Waals surface area contributed by atoms with Gasteiger partial charge in [-0.2, -0.15) is 0 Å². The molecule has 0 spiro atoms. The molecule has 94 valence electrons. The van der Waals surface area contributed by atoms with E-state index in [1.54, 1.807) is 6.33 Å². The van der Waals surface area contributed by atoms with Crippen molar-refractivity contribution < 1.29 is 0 Å². The molecule has 1 aliphatic heterocycles. The molecule has 0 aliphatic carbocycles. The number of nitrogens with zero attached hydrogens (tertiary/aromatic N) is 2. The van der Waals surface area contributed by atoms with Crippen molar-refractivity contribution in [1.29, 1.82) is 0 Å². The Kier molecular flexibility index (Phi) is 3.21. The number of para-hydroxylation sites is 1. The van der Waals surface area contributed by atoms with E-state index >= 15 is 0 Å². The first kappa shape index (κ1) is 11.6. The average Bonchev–Trinajstić information content (AvgIpc) is 2.47. The molecule has 4 nitrogen and oxygen atoms in total. The Balaban J connectivity index is 1.97. The predicted molar refractivity (Wildman–Crippen MR) is 72.1 cm³/mol. The summed E-state index contributed by atoms with van der Waals surface area (Å²) in [5.74, 6) is 0. The number of rotatable bonds is 2. The minimum Gasteiger partial charge on any atom is -0.321 e. The molecule has 1 aromatic heterocycles. The molecule has 18 heavy (non-hydrogen) atoms. The first-order chi connectivity index (χ1) is 8.86. The number of fused-ring (bicyclic) bond motifs is 1. The Bertz CT molecular complexity index is 529. The third-order valence-electron chi connectivity index (χ3n) is 3.67. The lowest BCUT2D eigenvalue weighted by molar-refractivity contribution is 0.351. The fourth-order valence-corrected chi connectivity index (χ4v) is 2.67. The van der Waals surface area contributed by atoms with Gasteiger partial charge in [-0.15, -0.1) is 0 Å². The molecule has 2 aromatic rings. The van der Waals surface area contributed by atoms with Crippen molar-refractivity contribution in [2.24, 2.45) is 5.73 Å². The fraction of sp³-hybridized carbons (Fsp3) is 0.429. The molecule has 1 aromatic carbocycles. The zero-order valence-corrected chi connectivity index (χ0v) is 10.3. The molecule has 0 saturated carbocycles. The van der Waals surface area contributed by atoms with Crippen LogP contribution in [0.15, 0.2) is 30.6 Å². The highest BCUT2D eigenvalue weighted by atomic mass is 15.0. The van der Waals surface area contributed by atoms with Crippen molar-refractivity contribution in [3.05, 3.63) is 36.3 Å². The van der Waals surface area contributed by atoms with Crippen molar-refractivity contribution in [3.63, 3.8) is 0 Å². The second-order valence-electron chi connectivity index (χ2n) is 4.86. The van der Waals surface area contributed by atoms with E-state index in [2.05, 4.69) is 15.3 Å². The number of benzene rings is 1. The molecule has 0 bridgehead atoms. The van der Waals surface area contributed by atoms with Crippen LogP contribution in [-0.4, -0.2) is 22.6 Å². The maximum absolute atomic E-state index is 6.38. The second kappa shape index (κ2) is 5.00. The summed E-state index contributed by atoms with van der Waals surface area (Å²) in [5.41, 5.74) is 8.31. The first-order valence-electron chi connectivity index (χ1n) is 6.55. The van der Waals surface area contributed by atoms with E-state index in [1.807, 2.05) is 24.3 Å². The number of hydrogen-bond acceptors (Lipinski definition) is 4. The van der Waals surface area contributed by atoms with Crippen molar-refractivity contribution in [2.75, 3.05) is 6.54 Å². The van der Waals surface area contributed by atoms with Gasteiger partial charge in [0.2, 0.25) is 0 Å². The highest BCUT2D eigenvalue weighted by molar-refractivity contribution is 5.80. The van der Waals surface area contributed by atoms with Crippen molar-refractivity contribution in [2.45, 2.75) is 31.3 Å². The zero-order chi connectivity index (χ0) is 12.4. The van der Waals surface area contributed by atoms with Crippen LogP contribution in [0, 0.1) is 0 Å². The van der Waals surface area contributed by atoms with Gasteiger partial charge in [-0.25, -0.2) is 9.97 Å². The quantitative estimate of drug-likeness (QED) is 0.842.